The molecule has 8 heteroatoms. The molecule has 6 nitrogen and oxygen atoms in total. The van der Waals surface area contributed by atoms with Gasteiger partial charge in [0.2, 0.25) is 0 Å². The van der Waals surface area contributed by atoms with Crippen LogP contribution in [0.3, 0.4) is 0 Å². The Morgan fingerprint density at radius 3 is 2.52 bits per heavy atom. The van der Waals surface area contributed by atoms with Crippen LogP contribution in [0.25, 0.3) is 21.5 Å². The van der Waals surface area contributed by atoms with E-state index in [1.54, 1.807) is 36.4 Å². The Balaban J connectivity index is 0.00000225. The zero-order valence-electron chi connectivity index (χ0n) is 12.6. The average Bonchev–Trinajstić information content (AvgIpc) is 2.58. The van der Waals surface area contributed by atoms with Gasteiger partial charge in [-0.2, -0.15) is 0 Å². The summed E-state index contributed by atoms with van der Waals surface area (Å²) in [5.74, 6) is -0.181. The van der Waals surface area contributed by atoms with Crippen LogP contribution in [-0.4, -0.2) is 80.6 Å². The number of carbonyl (C=O) groups is 1. The molecule has 0 aliphatic carbocycles. The molecule has 126 valence electrons. The first-order valence-electron chi connectivity index (χ1n) is 7.24. The van der Waals surface area contributed by atoms with Gasteiger partial charge in [0.15, 0.2) is 0 Å². The number of esters is 1. The van der Waals surface area contributed by atoms with Crippen LogP contribution >= 0.6 is 8.25 Å². The first kappa shape index (κ1) is 20.5. The zero-order valence-corrected chi connectivity index (χ0v) is 13.6. The molecule has 0 aliphatic rings. The molecule has 3 aromatic rings. The van der Waals surface area contributed by atoms with Gasteiger partial charge >= 0.3 is 65.6 Å². The molecule has 0 radical (unpaired) electrons. The number of hydrogen-bond donors (Lipinski definition) is 2. The van der Waals surface area contributed by atoms with Gasteiger partial charge in [0, 0.05) is 0 Å². The van der Waals surface area contributed by atoms with Gasteiger partial charge in [-0.1, -0.05) is 30.3 Å². The van der Waals surface area contributed by atoms with Crippen molar-refractivity contribution in [3.8, 4) is 5.75 Å². The molecule has 0 aliphatic heterocycles. The summed E-state index contributed by atoms with van der Waals surface area (Å²) < 4.78 is 20.7. The topological polar surface area (TPSA) is 93.1 Å². The number of benzene rings is 3. The second kappa shape index (κ2) is 9.25. The van der Waals surface area contributed by atoms with Crippen molar-refractivity contribution in [1.29, 1.82) is 0 Å². The third-order valence-corrected chi connectivity index (χ3v) is 4.01. The summed E-state index contributed by atoms with van der Waals surface area (Å²) in [6, 6.07) is 14.0. The van der Waals surface area contributed by atoms with E-state index in [1.807, 2.05) is 12.1 Å². The number of aliphatic hydroxyl groups excluding tert-OH is 1. The normalized spacial score (nSPS) is 11.8. The Morgan fingerprint density at radius 1 is 1.04 bits per heavy atom. The quantitative estimate of drug-likeness (QED) is 0.302. The van der Waals surface area contributed by atoms with E-state index < -0.39 is 14.2 Å². The van der Waals surface area contributed by atoms with E-state index in [0.29, 0.717) is 11.3 Å². The molecule has 0 bridgehead atoms. The molecule has 0 saturated carbocycles. The maximum absolute atomic E-state index is 12.1. The molecule has 1 unspecified atom stereocenters. The number of ether oxygens (including phenoxy) is 1. The van der Waals surface area contributed by atoms with Crippen molar-refractivity contribution >= 4 is 87.2 Å². The molecule has 0 fully saturated rings. The molecule has 0 spiro atoms. The van der Waals surface area contributed by atoms with Crippen LogP contribution < -0.4 is 4.52 Å². The summed E-state index contributed by atoms with van der Waals surface area (Å²) >= 11 is 0. The summed E-state index contributed by atoms with van der Waals surface area (Å²) in [4.78, 5) is 21.0. The van der Waals surface area contributed by atoms with E-state index in [0.717, 1.165) is 21.5 Å². The van der Waals surface area contributed by atoms with Crippen LogP contribution in [0.5, 0.6) is 5.75 Å². The van der Waals surface area contributed by atoms with E-state index in [4.69, 9.17) is 19.3 Å². The fraction of sp³-hybridized carbons (Fsp3) is 0.118. The number of fused-ring (bicyclic) bond motifs is 3. The van der Waals surface area contributed by atoms with Crippen molar-refractivity contribution in [1.82, 2.24) is 0 Å². The van der Waals surface area contributed by atoms with Gasteiger partial charge in [-0.3, -0.25) is 0 Å². The van der Waals surface area contributed by atoms with Crippen LogP contribution in [0.1, 0.15) is 10.4 Å². The number of carbonyl (C=O) groups excluding carboxylic acids is 1. The van der Waals surface area contributed by atoms with E-state index >= 15 is 0 Å². The van der Waals surface area contributed by atoms with Gasteiger partial charge in [0.1, 0.15) is 12.4 Å². The maximum atomic E-state index is 12.1. The number of rotatable bonds is 5. The Hall–Kier alpha value is -0.764. The van der Waals surface area contributed by atoms with Crippen LogP contribution in [0, 0.1) is 0 Å². The molecule has 0 heterocycles. The van der Waals surface area contributed by atoms with Gasteiger partial charge in [0.05, 0.1) is 12.2 Å². The summed E-state index contributed by atoms with van der Waals surface area (Å²) in [5.41, 5.74) is 0.420. The number of hydrogen-bond acceptors (Lipinski definition) is 5. The standard InChI is InChI=1S/C17H15O6P.K.H/c18-8-9-22-17(19)16-3-1-2-14-13-7-5-12(23-24(20)21)10-11(13)4-6-15(14)16;;/h1-7,10,18,24H,8-9H2,(H,20,21);;. The second-order valence-corrected chi connectivity index (χ2v) is 5.81. The molecule has 2 N–H and O–H groups in total. The van der Waals surface area contributed by atoms with Gasteiger partial charge in [0.25, 0.3) is 0 Å². The van der Waals surface area contributed by atoms with Gasteiger partial charge in [-0.05, 0) is 39.7 Å². The monoisotopic (exact) mass is 386 g/mol. The zero-order chi connectivity index (χ0) is 17.1. The van der Waals surface area contributed by atoms with Crippen LogP contribution in [0.4, 0.5) is 0 Å². The molecular formula is C17H16KO6P. The second-order valence-electron chi connectivity index (χ2n) is 5.08. The van der Waals surface area contributed by atoms with Crippen LogP contribution in [0.15, 0.2) is 48.5 Å². The third kappa shape index (κ3) is 4.70. The van der Waals surface area contributed by atoms with Gasteiger partial charge in [-0.25, -0.2) is 9.36 Å². The van der Waals surface area contributed by atoms with Gasteiger partial charge in [-0.15, -0.1) is 0 Å². The Bertz CT molecular complexity index is 943. The summed E-state index contributed by atoms with van der Waals surface area (Å²) in [6.45, 7) is -0.278. The molecule has 1 atom stereocenters. The van der Waals surface area contributed by atoms with Crippen molar-refractivity contribution in [2.75, 3.05) is 13.2 Å². The molecule has 3 aromatic carbocycles. The van der Waals surface area contributed by atoms with E-state index in [9.17, 15) is 9.36 Å². The first-order valence-corrected chi connectivity index (χ1v) is 8.51. The van der Waals surface area contributed by atoms with Crippen molar-refractivity contribution in [2.45, 2.75) is 0 Å². The van der Waals surface area contributed by atoms with E-state index in [-0.39, 0.29) is 64.6 Å². The van der Waals surface area contributed by atoms with Crippen molar-refractivity contribution in [3.05, 3.63) is 54.1 Å². The minimum atomic E-state index is -3.05. The Kier molecular flexibility index (Phi) is 7.61. The van der Waals surface area contributed by atoms with Crippen molar-refractivity contribution in [2.24, 2.45) is 0 Å². The summed E-state index contributed by atoms with van der Waals surface area (Å²) in [7, 11) is -3.05. The van der Waals surface area contributed by atoms with Crippen molar-refractivity contribution in [3.63, 3.8) is 0 Å². The Labute approximate surface area is 187 Å². The molecular weight excluding hydrogens is 370 g/mol. The van der Waals surface area contributed by atoms with Crippen LogP contribution in [-0.2, 0) is 9.30 Å². The Morgan fingerprint density at radius 2 is 1.80 bits per heavy atom. The average molecular weight is 386 g/mol. The van der Waals surface area contributed by atoms with Crippen LogP contribution in [0.2, 0.25) is 0 Å². The fourth-order valence-corrected chi connectivity index (χ4v) is 2.96. The molecule has 3 rings (SSSR count). The van der Waals surface area contributed by atoms with E-state index in [2.05, 4.69) is 0 Å². The third-order valence-electron chi connectivity index (χ3n) is 3.60. The van der Waals surface area contributed by atoms with Gasteiger partial charge < -0.3 is 19.3 Å². The predicted molar refractivity (Wildman–Crippen MR) is 97.8 cm³/mol. The van der Waals surface area contributed by atoms with E-state index in [1.165, 1.54) is 0 Å². The molecule has 0 saturated heterocycles. The minimum absolute atomic E-state index is 0. The fourth-order valence-electron chi connectivity index (χ4n) is 2.64. The first-order chi connectivity index (χ1) is 11.6. The predicted octanol–water partition coefficient (Wildman–Crippen LogP) is 2.25. The molecule has 0 amide bonds. The molecule has 25 heavy (non-hydrogen) atoms. The van der Waals surface area contributed by atoms with Crippen molar-refractivity contribution < 1.29 is 28.6 Å². The summed E-state index contributed by atoms with van der Waals surface area (Å²) in [6.07, 6.45) is 0. The number of aliphatic hydroxyl groups is 1. The SMILES string of the molecule is O=C(OCCO)c1cccc2c1ccc1cc(O[PH](=O)O)ccc12.[KH]. The summed E-state index contributed by atoms with van der Waals surface area (Å²) in [5, 5.41) is 12.1. The molecule has 0 aromatic heterocycles.